The molecule has 0 amide bonds. The molecule has 0 saturated heterocycles. The standard InChI is InChI=1S/C13H18N2O3/c1-5-18-8-6-7-15-12(16)10(3)9(2)11(14-4)13(15)17/h16H,5-8H2,1-3H3. The number of aromatic nitrogens is 1. The Kier molecular flexibility index (Phi) is 4.93. The summed E-state index contributed by atoms with van der Waals surface area (Å²) in [6.45, 7) is 13.8. The van der Waals surface area contributed by atoms with Crippen LogP contribution in [0.25, 0.3) is 4.85 Å². The van der Waals surface area contributed by atoms with E-state index in [-0.39, 0.29) is 11.6 Å². The highest BCUT2D eigenvalue weighted by molar-refractivity contribution is 5.55. The Morgan fingerprint density at radius 3 is 2.61 bits per heavy atom. The van der Waals surface area contributed by atoms with Crippen molar-refractivity contribution in [2.75, 3.05) is 13.2 Å². The summed E-state index contributed by atoms with van der Waals surface area (Å²) in [7, 11) is 0. The molecule has 0 aliphatic rings. The van der Waals surface area contributed by atoms with Crippen LogP contribution in [0.4, 0.5) is 5.69 Å². The van der Waals surface area contributed by atoms with Crippen molar-refractivity contribution in [2.24, 2.45) is 0 Å². The predicted octanol–water partition coefficient (Wildman–Crippen LogP) is 2.15. The summed E-state index contributed by atoms with van der Waals surface area (Å²) >= 11 is 0. The first kappa shape index (κ1) is 14.3. The first-order valence-corrected chi connectivity index (χ1v) is 5.92. The SMILES string of the molecule is [C-]#[N+]c1c(C)c(C)c(O)n(CCCOCC)c1=O. The summed E-state index contributed by atoms with van der Waals surface area (Å²) in [5.74, 6) is -0.0543. The minimum atomic E-state index is -0.429. The molecule has 0 aliphatic heterocycles. The number of ether oxygens (including phenoxy) is 1. The molecule has 0 fully saturated rings. The monoisotopic (exact) mass is 250 g/mol. The molecule has 0 bridgehead atoms. The van der Waals surface area contributed by atoms with Gasteiger partial charge in [0.25, 0.3) is 11.2 Å². The summed E-state index contributed by atoms with van der Waals surface area (Å²) in [6, 6.07) is 0. The van der Waals surface area contributed by atoms with Crippen molar-refractivity contribution in [3.63, 3.8) is 0 Å². The van der Waals surface area contributed by atoms with Gasteiger partial charge in [-0.05, 0) is 32.8 Å². The van der Waals surface area contributed by atoms with Crippen LogP contribution in [0, 0.1) is 20.4 Å². The summed E-state index contributed by atoms with van der Waals surface area (Å²) in [4.78, 5) is 15.3. The van der Waals surface area contributed by atoms with Crippen LogP contribution in [-0.2, 0) is 11.3 Å². The van der Waals surface area contributed by atoms with Crippen molar-refractivity contribution >= 4 is 5.69 Å². The quantitative estimate of drug-likeness (QED) is 0.643. The maximum absolute atomic E-state index is 12.0. The summed E-state index contributed by atoms with van der Waals surface area (Å²) in [5.41, 5.74) is 0.786. The van der Waals surface area contributed by atoms with Gasteiger partial charge in [0.15, 0.2) is 5.88 Å². The molecular formula is C13H18N2O3. The van der Waals surface area contributed by atoms with Gasteiger partial charge in [-0.1, -0.05) is 0 Å². The van der Waals surface area contributed by atoms with Crippen molar-refractivity contribution in [1.29, 1.82) is 0 Å². The maximum atomic E-state index is 12.0. The molecule has 1 heterocycles. The van der Waals surface area contributed by atoms with E-state index in [1.807, 2.05) is 6.92 Å². The lowest BCUT2D eigenvalue weighted by molar-refractivity contribution is 0.140. The predicted molar refractivity (Wildman–Crippen MR) is 69.2 cm³/mol. The average Bonchev–Trinajstić information content (AvgIpc) is 2.36. The lowest BCUT2D eigenvalue weighted by atomic mass is 10.1. The highest BCUT2D eigenvalue weighted by Gasteiger charge is 2.15. The second kappa shape index (κ2) is 6.22. The molecule has 1 aromatic rings. The Morgan fingerprint density at radius 2 is 2.06 bits per heavy atom. The summed E-state index contributed by atoms with van der Waals surface area (Å²) in [6.07, 6.45) is 0.626. The second-order valence-corrected chi connectivity index (χ2v) is 4.04. The van der Waals surface area contributed by atoms with Crippen LogP contribution >= 0.6 is 0 Å². The summed E-state index contributed by atoms with van der Waals surface area (Å²) < 4.78 is 6.43. The van der Waals surface area contributed by atoms with E-state index in [1.54, 1.807) is 13.8 Å². The van der Waals surface area contributed by atoms with Gasteiger partial charge in [0.05, 0.1) is 6.57 Å². The van der Waals surface area contributed by atoms with Crippen molar-refractivity contribution in [1.82, 2.24) is 4.57 Å². The van der Waals surface area contributed by atoms with Crippen LogP contribution in [0.5, 0.6) is 5.88 Å². The van der Waals surface area contributed by atoms with E-state index in [0.29, 0.717) is 37.3 Å². The number of rotatable bonds is 5. The lowest BCUT2D eigenvalue weighted by Crippen LogP contribution is -2.22. The van der Waals surface area contributed by atoms with Gasteiger partial charge >= 0.3 is 0 Å². The number of aromatic hydroxyl groups is 1. The first-order valence-electron chi connectivity index (χ1n) is 5.92. The van der Waals surface area contributed by atoms with E-state index >= 15 is 0 Å². The van der Waals surface area contributed by atoms with Crippen LogP contribution < -0.4 is 5.56 Å². The summed E-state index contributed by atoms with van der Waals surface area (Å²) in [5, 5.41) is 9.95. The van der Waals surface area contributed by atoms with Gasteiger partial charge < -0.3 is 9.84 Å². The third kappa shape index (κ3) is 2.71. The molecule has 5 nitrogen and oxygen atoms in total. The molecule has 1 N–H and O–H groups in total. The molecule has 1 rings (SSSR count). The number of nitrogens with zero attached hydrogens (tertiary/aromatic N) is 2. The van der Waals surface area contributed by atoms with Crippen LogP contribution in [0.3, 0.4) is 0 Å². The normalized spacial score (nSPS) is 10.3. The highest BCUT2D eigenvalue weighted by Crippen LogP contribution is 2.24. The van der Waals surface area contributed by atoms with Gasteiger partial charge in [-0.3, -0.25) is 9.36 Å². The van der Waals surface area contributed by atoms with Crippen molar-refractivity contribution in [2.45, 2.75) is 33.7 Å². The van der Waals surface area contributed by atoms with Crippen LogP contribution in [-0.4, -0.2) is 22.9 Å². The molecule has 0 saturated carbocycles. The molecule has 0 radical (unpaired) electrons. The van der Waals surface area contributed by atoms with E-state index in [1.165, 1.54) is 4.57 Å². The Labute approximate surface area is 106 Å². The van der Waals surface area contributed by atoms with E-state index in [9.17, 15) is 9.90 Å². The molecule has 0 atom stereocenters. The molecule has 0 unspecified atom stereocenters. The van der Waals surface area contributed by atoms with Gasteiger partial charge in [0.1, 0.15) is 0 Å². The molecule has 0 spiro atoms. The maximum Gasteiger partial charge on any atom is 0.259 e. The van der Waals surface area contributed by atoms with Gasteiger partial charge in [0, 0.05) is 25.3 Å². The van der Waals surface area contributed by atoms with Gasteiger partial charge in [-0.2, -0.15) is 0 Å². The highest BCUT2D eigenvalue weighted by atomic mass is 16.5. The van der Waals surface area contributed by atoms with Crippen molar-refractivity contribution in [3.05, 3.63) is 32.9 Å². The molecule has 98 valence electrons. The molecule has 18 heavy (non-hydrogen) atoms. The van der Waals surface area contributed by atoms with E-state index in [0.717, 1.165) is 0 Å². The van der Waals surface area contributed by atoms with Crippen LogP contribution in [0.1, 0.15) is 24.5 Å². The zero-order valence-corrected chi connectivity index (χ0v) is 11.0. The largest absolute Gasteiger partial charge is 0.494 e. The third-order valence-electron chi connectivity index (χ3n) is 2.94. The molecule has 5 heteroatoms. The lowest BCUT2D eigenvalue weighted by Gasteiger charge is -2.13. The van der Waals surface area contributed by atoms with E-state index in [2.05, 4.69) is 4.85 Å². The van der Waals surface area contributed by atoms with Crippen LogP contribution in [0.2, 0.25) is 0 Å². The fraction of sp³-hybridized carbons (Fsp3) is 0.538. The molecule has 1 aromatic heterocycles. The minimum Gasteiger partial charge on any atom is -0.494 e. The fourth-order valence-corrected chi connectivity index (χ4v) is 1.74. The fourth-order valence-electron chi connectivity index (χ4n) is 1.74. The third-order valence-corrected chi connectivity index (χ3v) is 2.94. The topological polar surface area (TPSA) is 55.8 Å². The van der Waals surface area contributed by atoms with Gasteiger partial charge in [-0.25, -0.2) is 4.85 Å². The zero-order chi connectivity index (χ0) is 13.7. The Bertz CT molecular complexity index is 527. The van der Waals surface area contributed by atoms with Crippen molar-refractivity contribution < 1.29 is 9.84 Å². The van der Waals surface area contributed by atoms with E-state index in [4.69, 9.17) is 11.3 Å². The zero-order valence-electron chi connectivity index (χ0n) is 11.0. The Morgan fingerprint density at radius 1 is 1.39 bits per heavy atom. The van der Waals surface area contributed by atoms with Crippen molar-refractivity contribution in [3.8, 4) is 5.88 Å². The van der Waals surface area contributed by atoms with Gasteiger partial charge in [0.2, 0.25) is 0 Å². The van der Waals surface area contributed by atoms with E-state index < -0.39 is 5.56 Å². The number of pyridine rings is 1. The number of hydrogen-bond acceptors (Lipinski definition) is 3. The second-order valence-electron chi connectivity index (χ2n) is 4.04. The first-order chi connectivity index (χ1) is 8.54. The Hall–Kier alpha value is -1.80. The molecule has 0 aromatic carbocycles. The Balaban J connectivity index is 3.09. The van der Waals surface area contributed by atoms with Crippen LogP contribution in [0.15, 0.2) is 4.79 Å². The average molecular weight is 250 g/mol. The molecular weight excluding hydrogens is 232 g/mol. The van der Waals surface area contributed by atoms with Gasteiger partial charge in [-0.15, -0.1) is 0 Å². The molecule has 0 aliphatic carbocycles. The number of hydrogen-bond donors (Lipinski definition) is 1. The minimum absolute atomic E-state index is 0.0543. The smallest absolute Gasteiger partial charge is 0.259 e.